The van der Waals surface area contributed by atoms with Crippen LogP contribution in [-0.2, 0) is 23.9 Å². The van der Waals surface area contributed by atoms with Gasteiger partial charge in [0.2, 0.25) is 5.91 Å². The second-order valence-electron chi connectivity index (χ2n) is 10.2. The molecule has 0 spiro atoms. The van der Waals surface area contributed by atoms with Crippen LogP contribution in [0.15, 0.2) is 54.6 Å². The lowest BCUT2D eigenvalue weighted by Gasteiger charge is -2.34. The van der Waals surface area contributed by atoms with Gasteiger partial charge in [-0.15, -0.1) is 0 Å². The first kappa shape index (κ1) is 27.7. The van der Waals surface area contributed by atoms with Gasteiger partial charge in [0, 0.05) is 61.8 Å². The molecule has 0 atom stereocenters. The molecule has 0 aromatic heterocycles. The largest absolute Gasteiger partial charge is 0.457 e. The molecule has 2 aliphatic rings. The summed E-state index contributed by atoms with van der Waals surface area (Å²) < 4.78 is 48.0. The Morgan fingerprint density at radius 2 is 1.75 bits per heavy atom. The van der Waals surface area contributed by atoms with Gasteiger partial charge in [0.1, 0.15) is 11.5 Å². The number of carbonyl (C=O) groups is 2. The number of nitrogens with one attached hydrogen (secondary N) is 2. The van der Waals surface area contributed by atoms with Crippen LogP contribution >= 0.6 is 0 Å². The van der Waals surface area contributed by atoms with E-state index in [1.807, 2.05) is 17.9 Å². The van der Waals surface area contributed by atoms with Crippen LogP contribution < -0.4 is 15.4 Å². The zero-order chi connectivity index (χ0) is 28.4. The smallest absolute Gasteiger partial charge is 0.416 e. The number of hydrogen-bond donors (Lipinski definition) is 2. The lowest BCUT2D eigenvalue weighted by Crippen LogP contribution is -2.45. The van der Waals surface area contributed by atoms with Crippen molar-refractivity contribution in [1.82, 2.24) is 9.80 Å². The fourth-order valence-corrected chi connectivity index (χ4v) is 5.00. The molecule has 2 amide bonds. The molecule has 0 aliphatic carbocycles. The molecule has 2 heterocycles. The van der Waals surface area contributed by atoms with Gasteiger partial charge in [-0.1, -0.05) is 25.1 Å². The van der Waals surface area contributed by atoms with Crippen LogP contribution in [0.1, 0.15) is 39.5 Å². The van der Waals surface area contributed by atoms with Crippen LogP contribution in [0.3, 0.4) is 0 Å². The molecule has 3 aromatic carbocycles. The lowest BCUT2D eigenvalue weighted by molar-refractivity contribution is -0.138. The number of piperazine rings is 1. The maximum Gasteiger partial charge on any atom is 0.416 e. The number of nitrogens with zero attached hydrogens (tertiary/aromatic N) is 2. The standard InChI is InChI=1S/C30H31F3N4O3/c1-3-36-10-12-37(13-11-36)18-22-6-5-21(14-25(22)30(31,32)33)29(39)34-23-8-4-19(2)27(16-23)40-24-9-7-20-15-28(38)35-26(20)17-24/h4-9,14,16-17H,3,10-13,15,18H2,1-2H3,(H,34,39)(H,35,38). The molecule has 0 saturated carbocycles. The maximum atomic E-state index is 14.0. The third kappa shape index (κ3) is 6.29. The molecule has 2 N–H and O–H groups in total. The number of likely N-dealkylation sites (N-methyl/N-ethyl adjacent to an activating group) is 1. The van der Waals surface area contributed by atoms with Crippen molar-refractivity contribution in [1.29, 1.82) is 0 Å². The molecule has 0 bridgehead atoms. The minimum absolute atomic E-state index is 0.0791. The van der Waals surface area contributed by atoms with E-state index < -0.39 is 17.6 Å². The van der Waals surface area contributed by atoms with Crippen LogP contribution in [-0.4, -0.2) is 54.3 Å². The van der Waals surface area contributed by atoms with Crippen molar-refractivity contribution in [3.63, 3.8) is 0 Å². The first-order chi connectivity index (χ1) is 19.1. The van der Waals surface area contributed by atoms with Crippen molar-refractivity contribution in [3.8, 4) is 11.5 Å². The number of carbonyl (C=O) groups excluding carboxylic acids is 2. The summed E-state index contributed by atoms with van der Waals surface area (Å²) in [6.07, 6.45) is -4.26. The van der Waals surface area contributed by atoms with Crippen molar-refractivity contribution >= 4 is 23.2 Å². The summed E-state index contributed by atoms with van der Waals surface area (Å²) in [5.74, 6) is 0.249. The van der Waals surface area contributed by atoms with Gasteiger partial charge in [0.05, 0.1) is 12.0 Å². The first-order valence-electron chi connectivity index (χ1n) is 13.3. The number of ether oxygens (including phenoxy) is 1. The number of amides is 2. The zero-order valence-corrected chi connectivity index (χ0v) is 22.4. The molecule has 3 aromatic rings. The Hall–Kier alpha value is -3.89. The van der Waals surface area contributed by atoms with Gasteiger partial charge in [-0.05, 0) is 54.4 Å². The number of anilines is 2. The predicted octanol–water partition coefficient (Wildman–Crippen LogP) is 5.69. The summed E-state index contributed by atoms with van der Waals surface area (Å²) in [6, 6.07) is 14.1. The van der Waals surface area contributed by atoms with Gasteiger partial charge >= 0.3 is 6.18 Å². The fourth-order valence-electron chi connectivity index (χ4n) is 5.00. The Balaban J connectivity index is 1.30. The van der Waals surface area contributed by atoms with E-state index in [2.05, 4.69) is 22.5 Å². The normalized spacial score (nSPS) is 16.0. The van der Waals surface area contributed by atoms with Crippen LogP contribution in [0.5, 0.6) is 11.5 Å². The van der Waals surface area contributed by atoms with Gasteiger partial charge < -0.3 is 20.3 Å². The van der Waals surface area contributed by atoms with Crippen molar-refractivity contribution in [3.05, 3.63) is 82.4 Å². The molecule has 5 rings (SSSR count). The summed E-state index contributed by atoms with van der Waals surface area (Å²) in [4.78, 5) is 28.9. The Labute approximate surface area is 230 Å². The third-order valence-corrected chi connectivity index (χ3v) is 7.36. The summed E-state index contributed by atoms with van der Waals surface area (Å²) in [6.45, 7) is 8.06. The Bertz CT molecular complexity index is 1430. The van der Waals surface area contributed by atoms with E-state index in [9.17, 15) is 22.8 Å². The highest BCUT2D eigenvalue weighted by molar-refractivity contribution is 6.04. The van der Waals surface area contributed by atoms with E-state index in [0.717, 1.165) is 36.8 Å². The molecule has 1 fully saturated rings. The number of hydrogen-bond acceptors (Lipinski definition) is 5. The van der Waals surface area contributed by atoms with Gasteiger partial charge in [-0.25, -0.2) is 0 Å². The summed E-state index contributed by atoms with van der Waals surface area (Å²) in [5, 5.41) is 5.47. The Morgan fingerprint density at radius 3 is 2.48 bits per heavy atom. The number of halogens is 3. The van der Waals surface area contributed by atoms with E-state index >= 15 is 0 Å². The van der Waals surface area contributed by atoms with E-state index in [0.29, 0.717) is 42.4 Å². The van der Waals surface area contributed by atoms with E-state index in [1.165, 1.54) is 12.1 Å². The van der Waals surface area contributed by atoms with Gasteiger partial charge in [0.25, 0.3) is 5.91 Å². The van der Waals surface area contributed by atoms with Gasteiger partial charge in [-0.2, -0.15) is 13.2 Å². The average molecular weight is 553 g/mol. The summed E-state index contributed by atoms with van der Waals surface area (Å²) in [7, 11) is 0. The second kappa shape index (κ2) is 11.3. The highest BCUT2D eigenvalue weighted by atomic mass is 19.4. The molecule has 10 heteroatoms. The number of rotatable bonds is 7. The number of fused-ring (bicyclic) bond motifs is 1. The monoisotopic (exact) mass is 552 g/mol. The van der Waals surface area contributed by atoms with Crippen molar-refractivity contribution in [2.45, 2.75) is 33.0 Å². The SMILES string of the molecule is CCN1CCN(Cc2ccc(C(=O)Nc3ccc(C)c(Oc4ccc5c(c4)NC(=O)C5)c3)cc2C(F)(F)F)CC1. The highest BCUT2D eigenvalue weighted by Gasteiger charge is 2.34. The molecule has 0 radical (unpaired) electrons. The predicted molar refractivity (Wildman–Crippen MR) is 147 cm³/mol. The topological polar surface area (TPSA) is 73.9 Å². The minimum Gasteiger partial charge on any atom is -0.457 e. The van der Waals surface area contributed by atoms with Crippen LogP contribution in [0.4, 0.5) is 24.5 Å². The van der Waals surface area contributed by atoms with Crippen LogP contribution in [0.2, 0.25) is 0 Å². The van der Waals surface area contributed by atoms with E-state index in [1.54, 1.807) is 30.3 Å². The lowest BCUT2D eigenvalue weighted by atomic mass is 10.0. The molecular formula is C30H31F3N4O3. The first-order valence-corrected chi connectivity index (χ1v) is 13.3. The minimum atomic E-state index is -4.59. The quantitative estimate of drug-likeness (QED) is 0.394. The number of benzene rings is 3. The molecule has 210 valence electrons. The van der Waals surface area contributed by atoms with Crippen molar-refractivity contribution in [2.75, 3.05) is 43.4 Å². The molecule has 1 saturated heterocycles. The van der Waals surface area contributed by atoms with E-state index in [-0.39, 0.29) is 23.6 Å². The molecule has 40 heavy (non-hydrogen) atoms. The number of aryl methyl sites for hydroxylation is 1. The third-order valence-electron chi connectivity index (χ3n) is 7.36. The fraction of sp³-hybridized carbons (Fsp3) is 0.333. The Kier molecular flexibility index (Phi) is 7.82. The van der Waals surface area contributed by atoms with Crippen LogP contribution in [0.25, 0.3) is 0 Å². The number of alkyl halides is 3. The molecule has 0 unspecified atom stereocenters. The summed E-state index contributed by atoms with van der Waals surface area (Å²) >= 11 is 0. The average Bonchev–Trinajstić information content (AvgIpc) is 3.30. The zero-order valence-electron chi connectivity index (χ0n) is 22.4. The molecular weight excluding hydrogens is 521 g/mol. The van der Waals surface area contributed by atoms with Crippen LogP contribution in [0, 0.1) is 6.92 Å². The highest BCUT2D eigenvalue weighted by Crippen LogP contribution is 2.35. The van der Waals surface area contributed by atoms with Gasteiger partial charge in [0.15, 0.2) is 0 Å². The molecule has 7 nitrogen and oxygen atoms in total. The van der Waals surface area contributed by atoms with Gasteiger partial charge in [-0.3, -0.25) is 14.5 Å². The van der Waals surface area contributed by atoms with Crippen molar-refractivity contribution in [2.24, 2.45) is 0 Å². The second-order valence-corrected chi connectivity index (χ2v) is 10.2. The van der Waals surface area contributed by atoms with E-state index in [4.69, 9.17) is 4.74 Å². The maximum absolute atomic E-state index is 14.0. The Morgan fingerprint density at radius 1 is 1.00 bits per heavy atom. The summed E-state index contributed by atoms with van der Waals surface area (Å²) in [5.41, 5.74) is 2.04. The van der Waals surface area contributed by atoms with Crippen molar-refractivity contribution < 1.29 is 27.5 Å². The molecule has 2 aliphatic heterocycles.